The van der Waals surface area contributed by atoms with Gasteiger partial charge in [0.15, 0.2) is 5.11 Å². The van der Waals surface area contributed by atoms with Crippen molar-refractivity contribution in [3.63, 3.8) is 0 Å². The maximum absolute atomic E-state index is 10.6. The highest BCUT2D eigenvalue weighted by Crippen LogP contribution is 2.11. The monoisotopic (exact) mass is 249 g/mol. The summed E-state index contributed by atoms with van der Waals surface area (Å²) >= 11 is 4.46. The van der Waals surface area contributed by atoms with Crippen molar-refractivity contribution in [2.24, 2.45) is 10.8 Å². The summed E-state index contributed by atoms with van der Waals surface area (Å²) in [6.45, 7) is 0. The zero-order chi connectivity index (χ0) is 11.5. The van der Waals surface area contributed by atoms with E-state index in [9.17, 15) is 8.42 Å². The van der Waals surface area contributed by atoms with Crippen molar-refractivity contribution >= 4 is 33.7 Å². The number of furan rings is 1. The summed E-state index contributed by atoms with van der Waals surface area (Å²) in [5.41, 5.74) is 7.32. The molecular formula is C6H7N3O4S2. The first-order valence-corrected chi connectivity index (χ1v) is 5.40. The molecule has 7 nitrogen and oxygen atoms in total. The summed E-state index contributed by atoms with van der Waals surface area (Å²) < 4.78 is 34.5. The zero-order valence-electron chi connectivity index (χ0n) is 7.25. The van der Waals surface area contributed by atoms with Crippen molar-refractivity contribution < 1.29 is 17.4 Å². The van der Waals surface area contributed by atoms with Crippen molar-refractivity contribution in [2.75, 3.05) is 0 Å². The van der Waals surface area contributed by atoms with E-state index in [1.165, 1.54) is 6.07 Å². The van der Waals surface area contributed by atoms with Gasteiger partial charge in [0.1, 0.15) is 5.76 Å². The second-order valence-corrected chi connectivity index (χ2v) is 4.16. The van der Waals surface area contributed by atoms with E-state index < -0.39 is 15.2 Å². The van der Waals surface area contributed by atoms with Gasteiger partial charge in [0.2, 0.25) is 5.09 Å². The van der Waals surface area contributed by atoms with E-state index in [4.69, 9.17) is 14.7 Å². The maximum Gasteiger partial charge on any atom is 0.328 e. The molecule has 0 unspecified atom stereocenters. The van der Waals surface area contributed by atoms with Crippen LogP contribution in [0.5, 0.6) is 0 Å². The van der Waals surface area contributed by atoms with Gasteiger partial charge in [0.05, 0.1) is 6.21 Å². The van der Waals surface area contributed by atoms with Crippen LogP contribution in [0.2, 0.25) is 0 Å². The predicted molar refractivity (Wildman–Crippen MR) is 56.0 cm³/mol. The Balaban J connectivity index is 2.78. The number of nitrogens with one attached hydrogen (secondary N) is 1. The van der Waals surface area contributed by atoms with Gasteiger partial charge in [-0.2, -0.15) is 13.5 Å². The van der Waals surface area contributed by atoms with Gasteiger partial charge >= 0.3 is 10.1 Å². The van der Waals surface area contributed by atoms with Crippen molar-refractivity contribution in [3.8, 4) is 0 Å². The van der Waals surface area contributed by atoms with Crippen LogP contribution in [0.3, 0.4) is 0 Å². The minimum atomic E-state index is -4.32. The van der Waals surface area contributed by atoms with Crippen LogP contribution in [-0.2, 0) is 10.1 Å². The van der Waals surface area contributed by atoms with E-state index in [0.29, 0.717) is 0 Å². The summed E-state index contributed by atoms with van der Waals surface area (Å²) in [4.78, 5) is 0. The van der Waals surface area contributed by atoms with Gasteiger partial charge in [-0.25, -0.2) is 0 Å². The number of thiocarbonyl (C=S) groups is 1. The Kier molecular flexibility index (Phi) is 3.39. The molecule has 1 aromatic heterocycles. The Morgan fingerprint density at radius 1 is 1.67 bits per heavy atom. The van der Waals surface area contributed by atoms with Gasteiger partial charge in [-0.15, -0.1) is 0 Å². The second-order valence-electron chi connectivity index (χ2n) is 2.37. The lowest BCUT2D eigenvalue weighted by molar-refractivity contribution is 0.404. The molecule has 9 heteroatoms. The Bertz CT molecular complexity index is 490. The number of hydrogen-bond acceptors (Lipinski definition) is 5. The first kappa shape index (κ1) is 11.6. The van der Waals surface area contributed by atoms with Crippen molar-refractivity contribution in [2.45, 2.75) is 5.09 Å². The number of hydrogen-bond donors (Lipinski definition) is 3. The second kappa shape index (κ2) is 4.38. The lowest BCUT2D eigenvalue weighted by atomic mass is 10.5. The van der Waals surface area contributed by atoms with Crippen LogP contribution in [0.15, 0.2) is 26.7 Å². The quantitative estimate of drug-likeness (QED) is 0.291. The van der Waals surface area contributed by atoms with Crippen molar-refractivity contribution in [1.29, 1.82) is 0 Å². The number of rotatable bonds is 3. The minimum absolute atomic E-state index is 0.0344. The molecule has 0 aliphatic rings. The highest BCUT2D eigenvalue weighted by atomic mass is 32.2. The molecule has 0 saturated carbocycles. The summed E-state index contributed by atoms with van der Waals surface area (Å²) in [6.07, 6.45) is 1.16. The molecule has 15 heavy (non-hydrogen) atoms. The molecule has 1 aromatic rings. The van der Waals surface area contributed by atoms with E-state index in [0.717, 1.165) is 12.3 Å². The minimum Gasteiger partial charge on any atom is -0.441 e. The summed E-state index contributed by atoms with van der Waals surface area (Å²) in [6, 6.07) is 2.41. The van der Waals surface area contributed by atoms with Gasteiger partial charge in [-0.05, 0) is 24.4 Å². The van der Waals surface area contributed by atoms with E-state index in [1.54, 1.807) is 0 Å². The van der Waals surface area contributed by atoms with Gasteiger partial charge in [0, 0.05) is 0 Å². The number of hydrazone groups is 1. The highest BCUT2D eigenvalue weighted by molar-refractivity contribution is 7.85. The molecule has 0 atom stereocenters. The zero-order valence-corrected chi connectivity index (χ0v) is 8.88. The first-order chi connectivity index (χ1) is 6.89. The fraction of sp³-hybridized carbons (Fsp3) is 0. The molecule has 0 aromatic carbocycles. The molecule has 0 bridgehead atoms. The molecule has 0 spiro atoms. The molecule has 0 saturated heterocycles. The number of nitrogens with zero attached hydrogens (tertiary/aromatic N) is 1. The molecule has 1 heterocycles. The standard InChI is InChI=1S/C6H7N3O4S2/c7-6(14)9-8-3-4-1-2-5(13-4)15(10,11)12/h1-3H,(H3,7,9,14)(H,10,11,12)/b8-3-. The van der Waals surface area contributed by atoms with Crippen LogP contribution in [0.1, 0.15) is 5.76 Å². The van der Waals surface area contributed by atoms with Crippen LogP contribution in [0.25, 0.3) is 0 Å². The lowest BCUT2D eigenvalue weighted by Gasteiger charge is -1.91. The number of nitrogens with two attached hydrogens (primary N) is 1. The fourth-order valence-electron chi connectivity index (χ4n) is 0.702. The van der Waals surface area contributed by atoms with E-state index >= 15 is 0 Å². The molecule has 0 fully saturated rings. The Labute approximate surface area is 90.7 Å². The maximum atomic E-state index is 10.6. The van der Waals surface area contributed by atoms with E-state index in [2.05, 4.69) is 22.7 Å². The average Bonchev–Trinajstić information content (AvgIpc) is 2.51. The SMILES string of the molecule is NC(=S)N/N=C\c1ccc(S(=O)(=O)O)o1. The van der Waals surface area contributed by atoms with Crippen LogP contribution in [-0.4, -0.2) is 24.3 Å². The molecule has 0 amide bonds. The molecule has 1 rings (SSSR count). The Morgan fingerprint density at radius 3 is 2.80 bits per heavy atom. The van der Waals surface area contributed by atoms with Crippen molar-refractivity contribution in [3.05, 3.63) is 17.9 Å². The van der Waals surface area contributed by atoms with Crippen LogP contribution in [0.4, 0.5) is 0 Å². The molecule has 0 aliphatic carbocycles. The molecule has 0 radical (unpaired) electrons. The Morgan fingerprint density at radius 2 is 2.33 bits per heavy atom. The third-order valence-electron chi connectivity index (χ3n) is 1.22. The van der Waals surface area contributed by atoms with Gasteiger partial charge in [-0.1, -0.05) is 0 Å². The summed E-state index contributed by atoms with van der Waals surface area (Å²) in [7, 11) is -4.32. The fourth-order valence-corrected chi connectivity index (χ4v) is 1.20. The molecular weight excluding hydrogens is 242 g/mol. The first-order valence-electron chi connectivity index (χ1n) is 3.55. The van der Waals surface area contributed by atoms with E-state index in [-0.39, 0.29) is 10.9 Å². The Hall–Kier alpha value is -1.45. The topological polar surface area (TPSA) is 118 Å². The third kappa shape index (κ3) is 3.65. The normalized spacial score (nSPS) is 11.8. The smallest absolute Gasteiger partial charge is 0.328 e. The lowest BCUT2D eigenvalue weighted by Crippen LogP contribution is -2.23. The highest BCUT2D eigenvalue weighted by Gasteiger charge is 2.13. The van der Waals surface area contributed by atoms with Crippen LogP contribution in [0, 0.1) is 0 Å². The van der Waals surface area contributed by atoms with E-state index in [1.807, 2.05) is 0 Å². The van der Waals surface area contributed by atoms with Crippen molar-refractivity contribution in [1.82, 2.24) is 5.43 Å². The van der Waals surface area contributed by atoms with Gasteiger partial charge < -0.3 is 10.2 Å². The molecule has 4 N–H and O–H groups in total. The van der Waals surface area contributed by atoms with Crippen LogP contribution < -0.4 is 11.2 Å². The average molecular weight is 249 g/mol. The predicted octanol–water partition coefficient (Wildman–Crippen LogP) is -0.307. The van der Waals surface area contributed by atoms with Crippen LogP contribution >= 0.6 is 12.2 Å². The summed E-state index contributed by atoms with van der Waals surface area (Å²) in [5.74, 6) is 0.131. The molecule has 82 valence electrons. The van der Waals surface area contributed by atoms with Gasteiger partial charge in [-0.3, -0.25) is 9.98 Å². The third-order valence-corrected chi connectivity index (χ3v) is 2.04. The van der Waals surface area contributed by atoms with Gasteiger partial charge in [0.25, 0.3) is 0 Å². The summed E-state index contributed by atoms with van der Waals surface area (Å²) in [5, 5.41) is 2.93. The largest absolute Gasteiger partial charge is 0.441 e. The molecule has 0 aliphatic heterocycles.